The predicted octanol–water partition coefficient (Wildman–Crippen LogP) is 4.55. The van der Waals surface area contributed by atoms with Gasteiger partial charge in [0.2, 0.25) is 5.91 Å². The van der Waals surface area contributed by atoms with Gasteiger partial charge in [0.25, 0.3) is 0 Å². The average molecular weight is 452 g/mol. The molecule has 0 aliphatic rings. The third-order valence-corrected chi connectivity index (χ3v) is 5.75. The number of benzene rings is 1. The van der Waals surface area contributed by atoms with Crippen LogP contribution in [0.5, 0.6) is 0 Å². The standard InChI is InChI=1S/C21H24F3N5OS/c1-3-28(4-2)9-10-29-13-18(12-25-29)26-19(30)11-17-14-31-20(27-17)15-5-7-16(8-6-15)21(22,23)24/h5-8,12-14H,3-4,9-11H2,1-2H3,(H,26,30). The van der Waals surface area contributed by atoms with E-state index in [0.29, 0.717) is 22.0 Å². The second kappa shape index (κ2) is 10.1. The summed E-state index contributed by atoms with van der Waals surface area (Å²) in [7, 11) is 0. The highest BCUT2D eigenvalue weighted by Gasteiger charge is 2.30. The zero-order valence-corrected chi connectivity index (χ0v) is 18.1. The van der Waals surface area contributed by atoms with Gasteiger partial charge in [0.15, 0.2) is 0 Å². The molecular formula is C21H24F3N5OS. The molecule has 3 aromatic rings. The highest BCUT2D eigenvalue weighted by atomic mass is 32.1. The quantitative estimate of drug-likeness (QED) is 0.519. The van der Waals surface area contributed by atoms with E-state index in [4.69, 9.17) is 0 Å². The zero-order chi connectivity index (χ0) is 22.4. The number of hydrogen-bond donors (Lipinski definition) is 1. The smallest absolute Gasteiger partial charge is 0.323 e. The SMILES string of the molecule is CCN(CC)CCn1cc(NC(=O)Cc2csc(-c3ccc(C(F)(F)F)cc3)n2)cn1. The molecule has 10 heteroatoms. The number of carbonyl (C=O) groups is 1. The van der Waals surface area contributed by atoms with E-state index in [1.807, 2.05) is 0 Å². The highest BCUT2D eigenvalue weighted by Crippen LogP contribution is 2.31. The number of anilines is 1. The summed E-state index contributed by atoms with van der Waals surface area (Å²) in [5.74, 6) is -0.229. The lowest BCUT2D eigenvalue weighted by molar-refractivity contribution is -0.137. The van der Waals surface area contributed by atoms with Crippen LogP contribution in [0, 0.1) is 0 Å². The lowest BCUT2D eigenvalue weighted by atomic mass is 10.1. The molecule has 166 valence electrons. The Labute approximate surface area is 182 Å². The number of likely N-dealkylation sites (N-methyl/N-ethyl adjacent to an activating group) is 1. The minimum absolute atomic E-state index is 0.0712. The number of nitrogens with one attached hydrogen (secondary N) is 1. The first-order chi connectivity index (χ1) is 14.8. The fourth-order valence-corrected chi connectivity index (χ4v) is 3.85. The Morgan fingerprint density at radius 3 is 2.55 bits per heavy atom. The van der Waals surface area contributed by atoms with Crippen LogP contribution < -0.4 is 5.32 Å². The number of carbonyl (C=O) groups excluding carboxylic acids is 1. The predicted molar refractivity (Wildman–Crippen MR) is 115 cm³/mol. The molecule has 0 radical (unpaired) electrons. The summed E-state index contributed by atoms with van der Waals surface area (Å²) in [6.07, 6.45) is -0.906. The van der Waals surface area contributed by atoms with Crippen molar-refractivity contribution in [3.05, 3.63) is 53.3 Å². The summed E-state index contributed by atoms with van der Waals surface area (Å²) in [5.41, 5.74) is 1.05. The molecule has 1 N–H and O–H groups in total. The van der Waals surface area contributed by atoms with Gasteiger partial charge in [-0.2, -0.15) is 18.3 Å². The molecule has 0 spiro atoms. The van der Waals surface area contributed by atoms with Crippen LogP contribution >= 0.6 is 11.3 Å². The number of aromatic nitrogens is 3. The van der Waals surface area contributed by atoms with Gasteiger partial charge < -0.3 is 10.2 Å². The first kappa shape index (κ1) is 23.0. The van der Waals surface area contributed by atoms with Crippen molar-refractivity contribution in [2.45, 2.75) is 33.0 Å². The maximum absolute atomic E-state index is 12.7. The van der Waals surface area contributed by atoms with Crippen molar-refractivity contribution in [2.24, 2.45) is 0 Å². The van der Waals surface area contributed by atoms with Crippen molar-refractivity contribution in [1.82, 2.24) is 19.7 Å². The molecule has 0 fully saturated rings. The Balaban J connectivity index is 1.54. The molecule has 0 aliphatic carbocycles. The first-order valence-electron chi connectivity index (χ1n) is 9.95. The number of amides is 1. The molecule has 0 unspecified atom stereocenters. The Morgan fingerprint density at radius 1 is 1.19 bits per heavy atom. The van der Waals surface area contributed by atoms with E-state index in [9.17, 15) is 18.0 Å². The van der Waals surface area contributed by atoms with E-state index in [-0.39, 0.29) is 12.3 Å². The van der Waals surface area contributed by atoms with E-state index < -0.39 is 11.7 Å². The van der Waals surface area contributed by atoms with Crippen LogP contribution in [0.25, 0.3) is 10.6 Å². The average Bonchev–Trinajstić information content (AvgIpc) is 3.38. The fraction of sp³-hybridized carbons (Fsp3) is 0.381. The number of hydrogen-bond acceptors (Lipinski definition) is 5. The van der Waals surface area contributed by atoms with E-state index in [0.717, 1.165) is 38.3 Å². The van der Waals surface area contributed by atoms with Gasteiger partial charge in [-0.25, -0.2) is 4.98 Å². The van der Waals surface area contributed by atoms with Crippen LogP contribution in [0.3, 0.4) is 0 Å². The first-order valence-corrected chi connectivity index (χ1v) is 10.8. The van der Waals surface area contributed by atoms with Gasteiger partial charge in [0.1, 0.15) is 5.01 Å². The number of nitrogens with zero attached hydrogens (tertiary/aromatic N) is 4. The number of alkyl halides is 3. The Hall–Kier alpha value is -2.72. The molecule has 2 aromatic heterocycles. The molecule has 3 rings (SSSR count). The second-order valence-electron chi connectivity index (χ2n) is 6.96. The molecule has 31 heavy (non-hydrogen) atoms. The highest BCUT2D eigenvalue weighted by molar-refractivity contribution is 7.13. The lowest BCUT2D eigenvalue weighted by Crippen LogP contribution is -2.27. The molecule has 1 aromatic carbocycles. The molecule has 0 saturated carbocycles. The van der Waals surface area contributed by atoms with Gasteiger partial charge in [-0.3, -0.25) is 9.48 Å². The van der Waals surface area contributed by atoms with Gasteiger partial charge in [-0.05, 0) is 25.2 Å². The van der Waals surface area contributed by atoms with Crippen molar-refractivity contribution in [1.29, 1.82) is 0 Å². The minimum atomic E-state index is -4.37. The number of thiazole rings is 1. The maximum atomic E-state index is 12.7. The van der Waals surface area contributed by atoms with Crippen LogP contribution in [-0.2, 0) is 23.9 Å². The second-order valence-corrected chi connectivity index (χ2v) is 7.82. The summed E-state index contributed by atoms with van der Waals surface area (Å²) < 4.78 is 39.9. The van der Waals surface area contributed by atoms with Crippen molar-refractivity contribution >= 4 is 22.9 Å². The molecule has 0 bridgehead atoms. The summed E-state index contributed by atoms with van der Waals surface area (Å²) in [4.78, 5) is 19.0. The van der Waals surface area contributed by atoms with E-state index in [1.165, 1.54) is 23.5 Å². The zero-order valence-electron chi connectivity index (χ0n) is 17.3. The maximum Gasteiger partial charge on any atom is 0.416 e. The van der Waals surface area contributed by atoms with Gasteiger partial charge in [0.05, 0.1) is 36.1 Å². The van der Waals surface area contributed by atoms with Crippen LogP contribution in [0.2, 0.25) is 0 Å². The van der Waals surface area contributed by atoms with Gasteiger partial charge >= 0.3 is 6.18 Å². The number of rotatable bonds is 9. The third kappa shape index (κ3) is 6.38. The van der Waals surface area contributed by atoms with Crippen molar-refractivity contribution in [3.63, 3.8) is 0 Å². The van der Waals surface area contributed by atoms with Gasteiger partial charge in [-0.1, -0.05) is 26.0 Å². The van der Waals surface area contributed by atoms with Gasteiger partial charge in [-0.15, -0.1) is 11.3 Å². The van der Waals surface area contributed by atoms with Crippen LogP contribution in [0.4, 0.5) is 18.9 Å². The van der Waals surface area contributed by atoms with Gasteiger partial charge in [0, 0.05) is 23.7 Å². The summed E-state index contributed by atoms with van der Waals surface area (Å²) in [5, 5.41) is 9.38. The lowest BCUT2D eigenvalue weighted by Gasteiger charge is -2.17. The van der Waals surface area contributed by atoms with Crippen molar-refractivity contribution < 1.29 is 18.0 Å². The monoisotopic (exact) mass is 451 g/mol. The summed E-state index contributed by atoms with van der Waals surface area (Å²) >= 11 is 1.29. The third-order valence-electron chi connectivity index (χ3n) is 4.81. The Bertz CT molecular complexity index is 993. The van der Waals surface area contributed by atoms with E-state index in [2.05, 4.69) is 34.1 Å². The summed E-state index contributed by atoms with van der Waals surface area (Å²) in [6.45, 7) is 7.79. The van der Waals surface area contributed by atoms with Crippen LogP contribution in [0.1, 0.15) is 25.1 Å². The molecular weight excluding hydrogens is 427 g/mol. The largest absolute Gasteiger partial charge is 0.416 e. The Kier molecular flexibility index (Phi) is 7.45. The van der Waals surface area contributed by atoms with Crippen molar-refractivity contribution in [3.8, 4) is 10.6 Å². The fourth-order valence-electron chi connectivity index (χ4n) is 3.03. The molecule has 6 nitrogen and oxygen atoms in total. The van der Waals surface area contributed by atoms with E-state index in [1.54, 1.807) is 22.5 Å². The van der Waals surface area contributed by atoms with Crippen molar-refractivity contribution in [2.75, 3.05) is 25.0 Å². The molecule has 0 saturated heterocycles. The molecule has 2 heterocycles. The topological polar surface area (TPSA) is 63.0 Å². The molecule has 0 aliphatic heterocycles. The van der Waals surface area contributed by atoms with Crippen LogP contribution in [-0.4, -0.2) is 45.2 Å². The van der Waals surface area contributed by atoms with Crippen LogP contribution in [0.15, 0.2) is 42.0 Å². The molecule has 1 amide bonds. The summed E-state index contributed by atoms with van der Waals surface area (Å²) in [6, 6.07) is 4.83. The normalized spacial score (nSPS) is 11.8. The molecule has 0 atom stereocenters. The minimum Gasteiger partial charge on any atom is -0.323 e. The Morgan fingerprint density at radius 2 is 1.90 bits per heavy atom. The number of halogens is 3. The van der Waals surface area contributed by atoms with E-state index >= 15 is 0 Å².